The van der Waals surface area contributed by atoms with Crippen LogP contribution in [-0.2, 0) is 0 Å². The summed E-state index contributed by atoms with van der Waals surface area (Å²) in [5.74, 6) is 1.19. The fourth-order valence-electron chi connectivity index (χ4n) is 2.01. The summed E-state index contributed by atoms with van der Waals surface area (Å²) in [5.41, 5.74) is -0.0744. The van der Waals surface area contributed by atoms with Gasteiger partial charge in [-0.05, 0) is 23.8 Å². The first-order chi connectivity index (χ1) is 8.41. The lowest BCUT2D eigenvalue weighted by Gasteiger charge is -2.24. The van der Waals surface area contributed by atoms with Gasteiger partial charge in [-0.25, -0.2) is 5.10 Å². The molecule has 5 nitrogen and oxygen atoms in total. The molecule has 0 saturated heterocycles. The summed E-state index contributed by atoms with van der Waals surface area (Å²) in [6.07, 6.45) is 0. The largest absolute Gasteiger partial charge is 0.350 e. The summed E-state index contributed by atoms with van der Waals surface area (Å²) in [7, 11) is 0. The Morgan fingerprint density at radius 3 is 2.33 bits per heavy atom. The highest BCUT2D eigenvalue weighted by molar-refractivity contribution is 5.91. The van der Waals surface area contributed by atoms with Crippen LogP contribution in [0.2, 0.25) is 0 Å². The summed E-state index contributed by atoms with van der Waals surface area (Å²) in [6, 6.07) is 2.72. The lowest BCUT2D eigenvalue weighted by molar-refractivity contribution is 0.0931. The molecule has 1 aromatic rings. The van der Waals surface area contributed by atoms with Gasteiger partial charge >= 0.3 is 0 Å². The molecule has 100 valence electrons. The molecular formula is C13H21N3O2. The van der Waals surface area contributed by atoms with E-state index < -0.39 is 0 Å². The van der Waals surface area contributed by atoms with Crippen molar-refractivity contribution in [2.75, 3.05) is 6.54 Å². The first kappa shape index (κ1) is 14.4. The Hall–Kier alpha value is -1.65. The number of hydrogen-bond donors (Lipinski definition) is 2. The van der Waals surface area contributed by atoms with Crippen LogP contribution in [0.25, 0.3) is 0 Å². The molecule has 0 aromatic carbocycles. The van der Waals surface area contributed by atoms with Crippen LogP contribution in [-0.4, -0.2) is 22.6 Å². The van der Waals surface area contributed by atoms with Gasteiger partial charge in [0.2, 0.25) is 0 Å². The molecule has 1 heterocycles. The molecule has 2 N–H and O–H groups in total. The third-order valence-corrected chi connectivity index (χ3v) is 3.12. The number of rotatable bonds is 5. The summed E-state index contributed by atoms with van der Waals surface area (Å²) < 4.78 is 0. The Kier molecular flexibility index (Phi) is 5.07. The van der Waals surface area contributed by atoms with Crippen LogP contribution in [0.4, 0.5) is 0 Å². The van der Waals surface area contributed by atoms with Crippen LogP contribution in [0.3, 0.4) is 0 Å². The second-order valence-corrected chi connectivity index (χ2v) is 5.17. The van der Waals surface area contributed by atoms with Crippen LogP contribution in [0, 0.1) is 17.8 Å². The molecule has 0 atom stereocenters. The smallest absolute Gasteiger partial charge is 0.271 e. The molecule has 0 bridgehead atoms. The van der Waals surface area contributed by atoms with Crippen molar-refractivity contribution in [3.63, 3.8) is 0 Å². The fourth-order valence-corrected chi connectivity index (χ4v) is 2.01. The molecule has 0 aliphatic carbocycles. The van der Waals surface area contributed by atoms with Gasteiger partial charge < -0.3 is 5.32 Å². The molecule has 0 saturated carbocycles. The average Bonchev–Trinajstić information content (AvgIpc) is 2.28. The van der Waals surface area contributed by atoms with Crippen molar-refractivity contribution in [2.45, 2.75) is 27.7 Å². The Balaban J connectivity index is 2.60. The number of amides is 1. The van der Waals surface area contributed by atoms with Gasteiger partial charge in [-0.2, -0.15) is 5.10 Å². The van der Waals surface area contributed by atoms with Gasteiger partial charge in [0.25, 0.3) is 11.5 Å². The van der Waals surface area contributed by atoms with Crippen molar-refractivity contribution in [2.24, 2.45) is 17.8 Å². The summed E-state index contributed by atoms with van der Waals surface area (Å²) in [4.78, 5) is 22.6. The lowest BCUT2D eigenvalue weighted by Crippen LogP contribution is -2.34. The van der Waals surface area contributed by atoms with Crippen molar-refractivity contribution < 1.29 is 4.79 Å². The summed E-state index contributed by atoms with van der Waals surface area (Å²) in [5, 5.41) is 8.80. The maximum absolute atomic E-state index is 11.8. The molecule has 0 aliphatic rings. The second kappa shape index (κ2) is 6.33. The summed E-state index contributed by atoms with van der Waals surface area (Å²) in [6.45, 7) is 9.21. The third-order valence-electron chi connectivity index (χ3n) is 3.12. The molecule has 1 amide bonds. The number of carbonyl (C=O) groups excluding carboxylic acids is 1. The zero-order chi connectivity index (χ0) is 13.7. The minimum Gasteiger partial charge on any atom is -0.350 e. The van der Waals surface area contributed by atoms with Crippen LogP contribution < -0.4 is 10.9 Å². The van der Waals surface area contributed by atoms with E-state index in [1.54, 1.807) is 0 Å². The maximum Gasteiger partial charge on any atom is 0.271 e. The van der Waals surface area contributed by atoms with Crippen molar-refractivity contribution in [1.29, 1.82) is 0 Å². The van der Waals surface area contributed by atoms with Gasteiger partial charge in [0.1, 0.15) is 5.69 Å². The second-order valence-electron chi connectivity index (χ2n) is 5.17. The molecular weight excluding hydrogens is 230 g/mol. The molecule has 18 heavy (non-hydrogen) atoms. The number of nitrogens with zero attached hydrogens (tertiary/aromatic N) is 1. The molecule has 1 aromatic heterocycles. The summed E-state index contributed by atoms with van der Waals surface area (Å²) >= 11 is 0. The first-order valence-electron chi connectivity index (χ1n) is 6.25. The van der Waals surface area contributed by atoms with E-state index in [0.717, 1.165) is 0 Å². The molecule has 1 rings (SSSR count). The van der Waals surface area contributed by atoms with Crippen LogP contribution in [0.1, 0.15) is 38.2 Å². The minimum absolute atomic E-state index is 0.237. The predicted octanol–water partition coefficient (Wildman–Crippen LogP) is 1.43. The number of nitrogens with one attached hydrogen (secondary N) is 2. The molecule has 0 radical (unpaired) electrons. The van der Waals surface area contributed by atoms with E-state index in [0.29, 0.717) is 24.3 Å². The van der Waals surface area contributed by atoms with Crippen molar-refractivity contribution >= 4 is 5.91 Å². The van der Waals surface area contributed by atoms with E-state index in [9.17, 15) is 9.59 Å². The van der Waals surface area contributed by atoms with E-state index >= 15 is 0 Å². The van der Waals surface area contributed by atoms with Gasteiger partial charge in [-0.15, -0.1) is 0 Å². The van der Waals surface area contributed by atoms with Crippen LogP contribution >= 0.6 is 0 Å². The van der Waals surface area contributed by atoms with E-state index in [2.05, 4.69) is 43.2 Å². The molecule has 5 heteroatoms. The molecule has 0 spiro atoms. The fraction of sp³-hybridized carbons (Fsp3) is 0.615. The molecule has 0 unspecified atom stereocenters. The van der Waals surface area contributed by atoms with Crippen LogP contribution in [0.5, 0.6) is 0 Å². The minimum atomic E-state index is -0.311. The number of H-pyrrole nitrogens is 1. The molecule has 0 fully saturated rings. The monoisotopic (exact) mass is 251 g/mol. The Morgan fingerprint density at radius 1 is 1.28 bits per heavy atom. The van der Waals surface area contributed by atoms with Gasteiger partial charge in [-0.1, -0.05) is 27.7 Å². The quantitative estimate of drug-likeness (QED) is 0.831. The number of aromatic amines is 1. The normalized spacial score (nSPS) is 11.3. The maximum atomic E-state index is 11.8. The Labute approximate surface area is 107 Å². The highest BCUT2D eigenvalue weighted by Gasteiger charge is 2.18. The van der Waals surface area contributed by atoms with Gasteiger partial charge in [-0.3, -0.25) is 9.59 Å². The topological polar surface area (TPSA) is 74.8 Å². The predicted molar refractivity (Wildman–Crippen MR) is 70.4 cm³/mol. The number of carbonyl (C=O) groups is 1. The standard InChI is InChI=1S/C13H21N3O2/c1-8(2)10(9(3)4)7-14-13(18)11-5-6-12(17)16-15-11/h5-6,8-10H,7H2,1-4H3,(H,14,18)(H,16,17). The van der Waals surface area contributed by atoms with E-state index in [1.807, 2.05) is 0 Å². The van der Waals surface area contributed by atoms with Crippen molar-refractivity contribution in [1.82, 2.24) is 15.5 Å². The number of hydrogen-bond acceptors (Lipinski definition) is 3. The Morgan fingerprint density at radius 2 is 1.89 bits per heavy atom. The van der Waals surface area contributed by atoms with Gasteiger partial charge in [0, 0.05) is 12.6 Å². The zero-order valence-corrected chi connectivity index (χ0v) is 11.4. The molecule has 0 aliphatic heterocycles. The third kappa shape index (κ3) is 3.98. The zero-order valence-electron chi connectivity index (χ0n) is 11.4. The van der Waals surface area contributed by atoms with E-state index in [-0.39, 0.29) is 17.2 Å². The van der Waals surface area contributed by atoms with Crippen molar-refractivity contribution in [3.05, 3.63) is 28.2 Å². The van der Waals surface area contributed by atoms with Crippen LogP contribution in [0.15, 0.2) is 16.9 Å². The first-order valence-corrected chi connectivity index (χ1v) is 6.25. The van der Waals surface area contributed by atoms with Crippen molar-refractivity contribution in [3.8, 4) is 0 Å². The van der Waals surface area contributed by atoms with E-state index in [4.69, 9.17) is 0 Å². The highest BCUT2D eigenvalue weighted by Crippen LogP contribution is 2.19. The van der Waals surface area contributed by atoms with Gasteiger partial charge in [0.05, 0.1) is 0 Å². The number of aromatic nitrogens is 2. The lowest BCUT2D eigenvalue weighted by atomic mass is 9.85. The van der Waals surface area contributed by atoms with Gasteiger partial charge in [0.15, 0.2) is 0 Å². The Bertz CT molecular complexity index is 423. The van der Waals surface area contributed by atoms with E-state index in [1.165, 1.54) is 12.1 Å². The highest BCUT2D eigenvalue weighted by atomic mass is 16.2. The average molecular weight is 251 g/mol. The SMILES string of the molecule is CC(C)C(CNC(=O)c1ccc(=O)[nH]n1)C(C)C.